The van der Waals surface area contributed by atoms with Gasteiger partial charge in [0.1, 0.15) is 11.5 Å². The maximum atomic E-state index is 13.5. The number of methoxy groups -OCH3 is 1. The molecule has 3 N–H and O–H groups in total. The molecule has 0 bridgehead atoms. The minimum Gasteiger partial charge on any atom is -0.479 e. The number of hydrogen-bond donors (Lipinski definition) is 2. The number of aromatic nitrogens is 1. The topological polar surface area (TPSA) is 60.2 Å². The predicted octanol–water partition coefficient (Wildman–Crippen LogP) is 2.97. The first-order chi connectivity index (χ1) is 9.43. The molecule has 0 aliphatic carbocycles. The highest BCUT2D eigenvalue weighted by molar-refractivity contribution is 5.61. The molecule has 2 rings (SSSR count). The van der Waals surface area contributed by atoms with Crippen LogP contribution in [0.4, 0.5) is 34.8 Å². The molecule has 0 radical (unpaired) electrons. The van der Waals surface area contributed by atoms with E-state index in [1.165, 1.54) is 19.2 Å². The minimum absolute atomic E-state index is 0.00712. The molecule has 4 nitrogen and oxygen atoms in total. The van der Waals surface area contributed by atoms with E-state index in [1.807, 2.05) is 0 Å². The molecule has 1 heterocycles. The Morgan fingerprint density at radius 1 is 1.10 bits per heavy atom. The van der Waals surface area contributed by atoms with Crippen molar-refractivity contribution in [3.8, 4) is 5.88 Å². The zero-order valence-corrected chi connectivity index (χ0v) is 10.2. The van der Waals surface area contributed by atoms with Gasteiger partial charge in [-0.3, -0.25) is 0 Å². The van der Waals surface area contributed by atoms with E-state index in [0.717, 1.165) is 0 Å². The number of ether oxygens (including phenoxy) is 1. The van der Waals surface area contributed by atoms with E-state index >= 15 is 0 Å². The fourth-order valence-electron chi connectivity index (χ4n) is 1.50. The predicted molar refractivity (Wildman–Crippen MR) is 64.8 cm³/mol. The molecule has 0 aliphatic heterocycles. The van der Waals surface area contributed by atoms with Crippen molar-refractivity contribution in [2.75, 3.05) is 18.2 Å². The molecule has 0 saturated heterocycles. The summed E-state index contributed by atoms with van der Waals surface area (Å²) in [6.07, 6.45) is 0. The Morgan fingerprint density at radius 3 is 2.25 bits per heavy atom. The van der Waals surface area contributed by atoms with Crippen LogP contribution >= 0.6 is 0 Å². The van der Waals surface area contributed by atoms with Crippen LogP contribution in [-0.4, -0.2) is 12.1 Å². The number of benzene rings is 1. The molecule has 2 aromatic rings. The van der Waals surface area contributed by atoms with Gasteiger partial charge in [-0.1, -0.05) is 0 Å². The second kappa shape index (κ2) is 5.24. The van der Waals surface area contributed by atoms with Gasteiger partial charge in [-0.15, -0.1) is 0 Å². The highest BCUT2D eigenvalue weighted by Gasteiger charge is 2.19. The Morgan fingerprint density at radius 2 is 1.70 bits per heavy atom. The molecule has 0 amide bonds. The molecule has 0 saturated carbocycles. The molecular formula is C12H9F4N3O. The maximum absolute atomic E-state index is 13.5. The van der Waals surface area contributed by atoms with Crippen molar-refractivity contribution in [1.82, 2.24) is 4.98 Å². The SMILES string of the molecule is COc1nc(Nc2c(F)c(F)cc(F)c2F)ccc1N. The Hall–Kier alpha value is -2.51. The third-order valence-corrected chi connectivity index (χ3v) is 2.45. The van der Waals surface area contributed by atoms with Crippen LogP contribution in [-0.2, 0) is 0 Å². The smallest absolute Gasteiger partial charge is 0.238 e. The van der Waals surface area contributed by atoms with Crippen LogP contribution in [0.15, 0.2) is 18.2 Å². The zero-order valence-electron chi connectivity index (χ0n) is 10.2. The number of pyridine rings is 1. The third-order valence-electron chi connectivity index (χ3n) is 2.45. The second-order valence-electron chi connectivity index (χ2n) is 3.76. The summed E-state index contributed by atoms with van der Waals surface area (Å²) in [5.74, 6) is -6.22. The van der Waals surface area contributed by atoms with E-state index in [0.29, 0.717) is 0 Å². The molecule has 106 valence electrons. The summed E-state index contributed by atoms with van der Waals surface area (Å²) >= 11 is 0. The monoisotopic (exact) mass is 287 g/mol. The Kier molecular flexibility index (Phi) is 3.64. The second-order valence-corrected chi connectivity index (χ2v) is 3.76. The van der Waals surface area contributed by atoms with Gasteiger partial charge in [0.15, 0.2) is 23.3 Å². The summed E-state index contributed by atoms with van der Waals surface area (Å²) in [5.41, 5.74) is 4.73. The van der Waals surface area contributed by atoms with Crippen LogP contribution in [0.3, 0.4) is 0 Å². The molecule has 0 spiro atoms. The quantitative estimate of drug-likeness (QED) is 0.673. The molecule has 0 aliphatic rings. The first kappa shape index (κ1) is 13.9. The highest BCUT2D eigenvalue weighted by Crippen LogP contribution is 2.28. The van der Waals surface area contributed by atoms with Crippen molar-refractivity contribution in [3.05, 3.63) is 41.5 Å². The Bertz CT molecular complexity index is 637. The van der Waals surface area contributed by atoms with Gasteiger partial charge in [0, 0.05) is 6.07 Å². The fraction of sp³-hybridized carbons (Fsp3) is 0.0833. The average molecular weight is 287 g/mol. The van der Waals surface area contributed by atoms with Gasteiger partial charge in [0.05, 0.1) is 12.8 Å². The van der Waals surface area contributed by atoms with Crippen LogP contribution in [0.25, 0.3) is 0 Å². The standard InChI is InChI=1S/C12H9F4N3O/c1-20-12-7(17)2-3-8(19-12)18-11-9(15)5(13)4-6(14)10(11)16/h2-4H,17H2,1H3,(H,18,19). The van der Waals surface area contributed by atoms with Crippen molar-refractivity contribution >= 4 is 17.2 Å². The number of nitrogens with two attached hydrogens (primary N) is 1. The van der Waals surface area contributed by atoms with E-state index < -0.39 is 29.0 Å². The van der Waals surface area contributed by atoms with E-state index in [2.05, 4.69) is 10.3 Å². The molecular weight excluding hydrogens is 278 g/mol. The van der Waals surface area contributed by atoms with Crippen molar-refractivity contribution in [2.45, 2.75) is 0 Å². The molecule has 0 atom stereocenters. The van der Waals surface area contributed by atoms with Crippen LogP contribution in [0.5, 0.6) is 5.88 Å². The molecule has 8 heteroatoms. The van der Waals surface area contributed by atoms with Gasteiger partial charge < -0.3 is 15.8 Å². The first-order valence-corrected chi connectivity index (χ1v) is 5.34. The first-order valence-electron chi connectivity index (χ1n) is 5.34. The Labute approximate surface area is 111 Å². The third kappa shape index (κ3) is 2.44. The lowest BCUT2D eigenvalue weighted by atomic mass is 10.2. The summed E-state index contributed by atoms with van der Waals surface area (Å²) in [6, 6.07) is 2.76. The lowest BCUT2D eigenvalue weighted by molar-refractivity contribution is 0.401. The van der Waals surface area contributed by atoms with E-state index in [9.17, 15) is 17.6 Å². The number of halogens is 4. The maximum Gasteiger partial charge on any atom is 0.238 e. The van der Waals surface area contributed by atoms with Gasteiger partial charge >= 0.3 is 0 Å². The molecule has 20 heavy (non-hydrogen) atoms. The number of nitrogen functional groups attached to an aromatic ring is 1. The molecule has 0 unspecified atom stereocenters. The number of nitrogens with one attached hydrogen (secondary N) is 1. The summed E-state index contributed by atoms with van der Waals surface area (Å²) in [4.78, 5) is 3.79. The van der Waals surface area contributed by atoms with Gasteiger partial charge in [-0.25, -0.2) is 17.6 Å². The van der Waals surface area contributed by atoms with Gasteiger partial charge in [0.2, 0.25) is 5.88 Å². The van der Waals surface area contributed by atoms with Crippen molar-refractivity contribution < 1.29 is 22.3 Å². The number of rotatable bonds is 3. The van der Waals surface area contributed by atoms with E-state index in [-0.39, 0.29) is 23.5 Å². The lowest BCUT2D eigenvalue weighted by Crippen LogP contribution is -2.05. The molecule has 1 aromatic carbocycles. The van der Waals surface area contributed by atoms with Crippen LogP contribution in [0.1, 0.15) is 0 Å². The minimum atomic E-state index is -1.55. The van der Waals surface area contributed by atoms with Gasteiger partial charge in [-0.2, -0.15) is 4.98 Å². The number of hydrogen-bond acceptors (Lipinski definition) is 4. The summed E-state index contributed by atoms with van der Waals surface area (Å²) in [7, 11) is 1.30. The van der Waals surface area contributed by atoms with Crippen LogP contribution < -0.4 is 15.8 Å². The summed E-state index contributed by atoms with van der Waals surface area (Å²) in [5, 5.41) is 2.15. The normalized spacial score (nSPS) is 10.4. The van der Waals surface area contributed by atoms with E-state index in [4.69, 9.17) is 10.5 Å². The number of nitrogens with zero attached hydrogens (tertiary/aromatic N) is 1. The van der Waals surface area contributed by atoms with Crippen LogP contribution in [0.2, 0.25) is 0 Å². The molecule has 1 aromatic heterocycles. The van der Waals surface area contributed by atoms with Crippen LogP contribution in [0, 0.1) is 23.3 Å². The van der Waals surface area contributed by atoms with Gasteiger partial charge in [0.25, 0.3) is 0 Å². The Balaban J connectivity index is 2.45. The largest absolute Gasteiger partial charge is 0.479 e. The zero-order chi connectivity index (χ0) is 14.9. The summed E-state index contributed by atoms with van der Waals surface area (Å²) < 4.78 is 57.8. The van der Waals surface area contributed by atoms with Crippen molar-refractivity contribution in [3.63, 3.8) is 0 Å². The van der Waals surface area contributed by atoms with Crippen molar-refractivity contribution in [1.29, 1.82) is 0 Å². The van der Waals surface area contributed by atoms with Gasteiger partial charge in [-0.05, 0) is 12.1 Å². The lowest BCUT2D eigenvalue weighted by Gasteiger charge is -2.11. The molecule has 0 fully saturated rings. The number of anilines is 3. The average Bonchev–Trinajstić information content (AvgIpc) is 2.43. The highest BCUT2D eigenvalue weighted by atomic mass is 19.2. The van der Waals surface area contributed by atoms with E-state index in [1.54, 1.807) is 0 Å². The van der Waals surface area contributed by atoms with Crippen molar-refractivity contribution in [2.24, 2.45) is 0 Å². The summed E-state index contributed by atoms with van der Waals surface area (Å²) in [6.45, 7) is 0. The fourth-order valence-corrected chi connectivity index (χ4v) is 1.50.